The Hall–Kier alpha value is -0.980. The molecule has 3 rings (SSSR count). The summed E-state index contributed by atoms with van der Waals surface area (Å²) < 4.78 is 21.3. The summed E-state index contributed by atoms with van der Waals surface area (Å²) in [5.74, 6) is -2.40. The second-order valence-electron chi connectivity index (χ2n) is 5.00. The van der Waals surface area contributed by atoms with E-state index in [0.29, 0.717) is 19.4 Å². The van der Waals surface area contributed by atoms with Gasteiger partial charge in [-0.3, -0.25) is 9.59 Å². The van der Waals surface area contributed by atoms with Crippen LogP contribution in [0, 0.1) is 17.3 Å². The summed E-state index contributed by atoms with van der Waals surface area (Å²) in [6.45, 7) is 0.377. The van der Waals surface area contributed by atoms with E-state index in [2.05, 4.69) is 0 Å². The minimum absolute atomic E-state index is 0.0212. The Kier molecular flexibility index (Phi) is 2.52. The van der Waals surface area contributed by atoms with E-state index in [-0.39, 0.29) is 18.3 Å². The van der Waals surface area contributed by atoms with Crippen molar-refractivity contribution in [2.75, 3.05) is 27.4 Å². The second kappa shape index (κ2) is 3.76. The van der Waals surface area contributed by atoms with Crippen LogP contribution in [-0.4, -0.2) is 45.2 Å². The number of carbonyl (C=O) groups is 2. The molecule has 3 fully saturated rings. The van der Waals surface area contributed by atoms with E-state index in [1.54, 1.807) is 0 Å². The van der Waals surface area contributed by atoms with Gasteiger partial charge in [-0.05, 0) is 18.8 Å². The third-order valence-corrected chi connectivity index (χ3v) is 4.56. The Morgan fingerprint density at radius 1 is 1.39 bits per heavy atom. The molecular weight excluding hydrogens is 240 g/mol. The van der Waals surface area contributed by atoms with Crippen molar-refractivity contribution in [1.82, 2.24) is 0 Å². The Labute approximate surface area is 105 Å². The van der Waals surface area contributed by atoms with Gasteiger partial charge in [0.25, 0.3) is 0 Å². The van der Waals surface area contributed by atoms with Crippen LogP contribution >= 0.6 is 0 Å². The highest BCUT2D eigenvalue weighted by Crippen LogP contribution is 2.65. The smallest absolute Gasteiger partial charge is 0.321 e. The Morgan fingerprint density at radius 2 is 2.17 bits per heavy atom. The highest BCUT2D eigenvalue weighted by Gasteiger charge is 2.79. The zero-order chi connectivity index (χ0) is 13.0. The first-order chi connectivity index (χ1) is 8.62. The quantitative estimate of drug-likeness (QED) is 0.653. The van der Waals surface area contributed by atoms with Crippen molar-refractivity contribution < 1.29 is 28.5 Å². The predicted molar refractivity (Wildman–Crippen MR) is 57.3 cm³/mol. The molecule has 6 nitrogen and oxygen atoms in total. The highest BCUT2D eigenvalue weighted by molar-refractivity contribution is 5.94. The molecule has 0 N–H and O–H groups in total. The van der Waals surface area contributed by atoms with Crippen molar-refractivity contribution in [3.05, 3.63) is 0 Å². The van der Waals surface area contributed by atoms with Crippen LogP contribution in [0.5, 0.6) is 0 Å². The van der Waals surface area contributed by atoms with Gasteiger partial charge < -0.3 is 18.9 Å². The molecule has 0 spiro atoms. The number of ether oxygens (including phenoxy) is 4. The summed E-state index contributed by atoms with van der Waals surface area (Å²) in [7, 11) is 2.74. The van der Waals surface area contributed by atoms with Crippen LogP contribution in [0.1, 0.15) is 12.8 Å². The van der Waals surface area contributed by atoms with E-state index in [1.165, 1.54) is 14.2 Å². The number of hydrogen-bond donors (Lipinski definition) is 0. The normalized spacial score (nSPS) is 46.0. The number of esters is 1. The lowest BCUT2D eigenvalue weighted by Gasteiger charge is -2.64. The topological polar surface area (TPSA) is 71.1 Å². The summed E-state index contributed by atoms with van der Waals surface area (Å²) >= 11 is 0. The maximum atomic E-state index is 12.3. The number of rotatable bonds is 2. The number of Topliss-reactive ketones (excluding diaryl/α,β-unsaturated/α-hetero) is 1. The van der Waals surface area contributed by atoms with E-state index in [9.17, 15) is 9.59 Å². The van der Waals surface area contributed by atoms with E-state index in [4.69, 9.17) is 18.9 Å². The van der Waals surface area contributed by atoms with Gasteiger partial charge in [0.1, 0.15) is 6.61 Å². The van der Waals surface area contributed by atoms with Crippen molar-refractivity contribution in [2.45, 2.75) is 18.8 Å². The van der Waals surface area contributed by atoms with E-state index >= 15 is 0 Å². The van der Waals surface area contributed by atoms with Crippen LogP contribution < -0.4 is 0 Å². The maximum Gasteiger partial charge on any atom is 0.321 e. The first kappa shape index (κ1) is 12.1. The van der Waals surface area contributed by atoms with Crippen molar-refractivity contribution in [3.63, 3.8) is 0 Å². The molecule has 0 amide bonds. The van der Waals surface area contributed by atoms with Gasteiger partial charge in [0.2, 0.25) is 0 Å². The molecule has 2 heterocycles. The van der Waals surface area contributed by atoms with Crippen molar-refractivity contribution in [2.24, 2.45) is 17.3 Å². The van der Waals surface area contributed by atoms with E-state index < -0.39 is 23.3 Å². The summed E-state index contributed by atoms with van der Waals surface area (Å²) in [4.78, 5) is 24.2. The molecule has 6 heteroatoms. The number of ketones is 1. The molecule has 0 unspecified atom stereocenters. The molecule has 3 aliphatic rings. The molecule has 1 saturated carbocycles. The van der Waals surface area contributed by atoms with Gasteiger partial charge in [0.15, 0.2) is 11.2 Å². The summed E-state index contributed by atoms with van der Waals surface area (Å²) in [6.07, 6.45) is 1.40. The van der Waals surface area contributed by atoms with Crippen LogP contribution in [0.4, 0.5) is 0 Å². The first-order valence-electron chi connectivity index (χ1n) is 6.06. The molecule has 2 saturated heterocycles. The molecule has 4 atom stereocenters. The van der Waals surface area contributed by atoms with Gasteiger partial charge >= 0.3 is 11.9 Å². The minimum atomic E-state index is -1.46. The van der Waals surface area contributed by atoms with Gasteiger partial charge in [-0.15, -0.1) is 0 Å². The Bertz CT molecular complexity index is 407. The fourth-order valence-electron chi connectivity index (χ4n) is 3.75. The highest BCUT2D eigenvalue weighted by atomic mass is 16.9. The predicted octanol–water partition coefficient (Wildman–Crippen LogP) is 0.102. The molecule has 100 valence electrons. The lowest BCUT2D eigenvalue weighted by Crippen LogP contribution is -2.77. The lowest BCUT2D eigenvalue weighted by molar-refractivity contribution is -0.468. The van der Waals surface area contributed by atoms with E-state index in [1.807, 2.05) is 0 Å². The van der Waals surface area contributed by atoms with Crippen LogP contribution in [0.2, 0.25) is 0 Å². The van der Waals surface area contributed by atoms with Crippen molar-refractivity contribution in [3.8, 4) is 0 Å². The number of hydrogen-bond acceptors (Lipinski definition) is 6. The SMILES string of the molecule is COC(=O)[C@@]12[C@H]3CCO[C@]1(OC)OCC(=O)[C@@H]2C3. The van der Waals surface area contributed by atoms with Crippen LogP contribution in [0.15, 0.2) is 0 Å². The zero-order valence-electron chi connectivity index (χ0n) is 10.4. The number of methoxy groups -OCH3 is 2. The largest absolute Gasteiger partial charge is 0.468 e. The molecule has 1 aliphatic carbocycles. The lowest BCUT2D eigenvalue weighted by atomic mass is 9.47. The zero-order valence-corrected chi connectivity index (χ0v) is 10.4. The molecule has 0 aromatic carbocycles. The van der Waals surface area contributed by atoms with Gasteiger partial charge in [0.05, 0.1) is 13.7 Å². The maximum absolute atomic E-state index is 12.3. The second-order valence-corrected chi connectivity index (χ2v) is 5.00. The first-order valence-corrected chi connectivity index (χ1v) is 6.06. The summed E-state index contributed by atoms with van der Waals surface area (Å²) in [6, 6.07) is 0. The standard InChI is InChI=1S/C12H16O6/c1-15-10(14)11-7-3-4-17-12(11,16-2)18-6-9(13)8(11)5-7/h7-8H,3-6H2,1-2H3/t7-,8-,11-,12-/m0/s1. The molecule has 18 heavy (non-hydrogen) atoms. The van der Waals surface area contributed by atoms with E-state index in [0.717, 1.165) is 0 Å². The average Bonchev–Trinajstić information content (AvgIpc) is 2.37. The van der Waals surface area contributed by atoms with Crippen molar-refractivity contribution >= 4 is 11.8 Å². The fourth-order valence-corrected chi connectivity index (χ4v) is 3.75. The summed E-state index contributed by atoms with van der Waals surface area (Å²) in [5, 5.41) is 0. The third-order valence-electron chi connectivity index (χ3n) is 4.56. The Morgan fingerprint density at radius 3 is 2.83 bits per heavy atom. The fraction of sp³-hybridized carbons (Fsp3) is 0.833. The van der Waals surface area contributed by atoms with Crippen LogP contribution in [0.25, 0.3) is 0 Å². The van der Waals surface area contributed by atoms with Gasteiger partial charge in [0, 0.05) is 13.0 Å². The minimum Gasteiger partial charge on any atom is -0.468 e. The molecule has 0 aromatic heterocycles. The van der Waals surface area contributed by atoms with Crippen molar-refractivity contribution in [1.29, 1.82) is 0 Å². The Balaban J connectivity index is 2.11. The van der Waals surface area contributed by atoms with Gasteiger partial charge in [-0.1, -0.05) is 0 Å². The average molecular weight is 256 g/mol. The van der Waals surface area contributed by atoms with Crippen LogP contribution in [0.3, 0.4) is 0 Å². The molecular formula is C12H16O6. The van der Waals surface area contributed by atoms with Gasteiger partial charge in [-0.2, -0.15) is 0 Å². The van der Waals surface area contributed by atoms with Gasteiger partial charge in [-0.25, -0.2) is 0 Å². The number of carbonyl (C=O) groups excluding carboxylic acids is 2. The molecule has 0 bridgehead atoms. The molecule has 0 aromatic rings. The molecule has 0 radical (unpaired) electrons. The monoisotopic (exact) mass is 256 g/mol. The summed E-state index contributed by atoms with van der Waals surface area (Å²) in [5.41, 5.74) is -1.12. The molecule has 2 aliphatic heterocycles. The third kappa shape index (κ3) is 1.09. The van der Waals surface area contributed by atoms with Crippen LogP contribution in [-0.2, 0) is 28.5 Å².